The molecule has 0 saturated heterocycles. The van der Waals surface area contributed by atoms with Crippen LogP contribution in [0.25, 0.3) is 22.6 Å². The minimum absolute atomic E-state index is 0.0494. The van der Waals surface area contributed by atoms with Gasteiger partial charge in [-0.3, -0.25) is 4.79 Å². The fourth-order valence-corrected chi connectivity index (χ4v) is 3.10. The molecule has 162 valence electrons. The van der Waals surface area contributed by atoms with E-state index in [1.165, 1.54) is 9.25 Å². The van der Waals surface area contributed by atoms with Gasteiger partial charge in [-0.05, 0) is 47.5 Å². The van der Waals surface area contributed by atoms with E-state index in [2.05, 4.69) is 20.5 Å². The third-order valence-corrected chi connectivity index (χ3v) is 4.96. The molecule has 0 aliphatic rings. The fourth-order valence-electron chi connectivity index (χ4n) is 3.10. The van der Waals surface area contributed by atoms with Gasteiger partial charge in [0.05, 0.1) is 37.3 Å². The minimum atomic E-state index is -1.67. The maximum Gasteiger partial charge on any atom is 0.281 e. The first-order valence-corrected chi connectivity index (χ1v) is 9.32. The highest BCUT2D eigenvalue weighted by Gasteiger charge is 2.27. The zero-order valence-corrected chi connectivity index (χ0v) is 16.5. The van der Waals surface area contributed by atoms with Crippen LogP contribution in [0.1, 0.15) is 11.1 Å². The van der Waals surface area contributed by atoms with Gasteiger partial charge in [-0.1, -0.05) is 0 Å². The average molecular weight is 420 g/mol. The van der Waals surface area contributed by atoms with Crippen molar-refractivity contribution in [2.45, 2.75) is 45.2 Å². The highest BCUT2D eigenvalue weighted by Crippen LogP contribution is 2.20. The van der Waals surface area contributed by atoms with E-state index >= 15 is 0 Å². The lowest BCUT2D eigenvalue weighted by atomic mass is 10.1. The Labute approximate surface area is 170 Å². The van der Waals surface area contributed by atoms with Crippen LogP contribution < -0.4 is 5.56 Å². The molecule has 0 saturated carbocycles. The zero-order chi connectivity index (χ0) is 22.0. The van der Waals surface area contributed by atoms with Crippen molar-refractivity contribution < 1.29 is 25.5 Å². The lowest BCUT2D eigenvalue weighted by Gasteiger charge is -2.23. The molecular weight excluding hydrogens is 396 g/mol. The summed E-state index contributed by atoms with van der Waals surface area (Å²) in [6.07, 6.45) is -4.78. The number of aliphatic hydroxyl groups excluding tert-OH is 5. The summed E-state index contributed by atoms with van der Waals surface area (Å²) in [5.41, 5.74) is 1.96. The first-order valence-electron chi connectivity index (χ1n) is 9.32. The molecular formula is C18H24N6O6. The van der Waals surface area contributed by atoms with Crippen molar-refractivity contribution in [2.75, 3.05) is 13.2 Å². The van der Waals surface area contributed by atoms with E-state index in [1.54, 1.807) is 12.1 Å². The summed E-state index contributed by atoms with van der Waals surface area (Å²) >= 11 is 0. The van der Waals surface area contributed by atoms with E-state index in [1.807, 2.05) is 13.8 Å². The monoisotopic (exact) mass is 420 g/mol. The zero-order valence-electron chi connectivity index (χ0n) is 16.5. The number of fused-ring (bicyclic) bond motifs is 1. The second kappa shape index (κ2) is 8.93. The quantitative estimate of drug-likeness (QED) is 0.267. The molecule has 2 aromatic heterocycles. The van der Waals surface area contributed by atoms with Crippen LogP contribution in [0.4, 0.5) is 0 Å². The van der Waals surface area contributed by atoms with E-state index in [9.17, 15) is 25.2 Å². The summed E-state index contributed by atoms with van der Waals surface area (Å²) in [7, 11) is 0. The maximum absolute atomic E-state index is 13.3. The summed E-state index contributed by atoms with van der Waals surface area (Å²) in [6.45, 7) is 2.44. The van der Waals surface area contributed by atoms with Crippen LogP contribution in [0, 0.1) is 13.8 Å². The first-order chi connectivity index (χ1) is 14.3. The van der Waals surface area contributed by atoms with Gasteiger partial charge in [-0.2, -0.15) is 0 Å². The minimum Gasteiger partial charge on any atom is -0.394 e. The Hall–Kier alpha value is -2.77. The van der Waals surface area contributed by atoms with Gasteiger partial charge in [0.25, 0.3) is 5.56 Å². The summed E-state index contributed by atoms with van der Waals surface area (Å²) in [4.78, 5) is 17.7. The highest BCUT2D eigenvalue weighted by atomic mass is 16.4. The number of tetrazole rings is 1. The summed E-state index contributed by atoms with van der Waals surface area (Å²) in [5.74, 6) is 0.0494. The molecule has 3 atom stereocenters. The van der Waals surface area contributed by atoms with Crippen LogP contribution in [0.15, 0.2) is 16.9 Å². The molecule has 0 bridgehead atoms. The second-order valence-corrected chi connectivity index (χ2v) is 7.06. The van der Waals surface area contributed by atoms with Gasteiger partial charge in [0.15, 0.2) is 5.69 Å². The molecule has 5 N–H and O–H groups in total. The van der Waals surface area contributed by atoms with Gasteiger partial charge in [-0.25, -0.2) is 9.67 Å². The smallest absolute Gasteiger partial charge is 0.281 e. The van der Waals surface area contributed by atoms with Crippen molar-refractivity contribution in [1.82, 2.24) is 29.8 Å². The Balaban J connectivity index is 2.21. The van der Waals surface area contributed by atoms with Crippen molar-refractivity contribution in [3.8, 4) is 11.5 Å². The average Bonchev–Trinajstić information content (AvgIpc) is 3.18. The van der Waals surface area contributed by atoms with Crippen LogP contribution in [0.2, 0.25) is 0 Å². The number of hydrogen-bond donors (Lipinski definition) is 5. The normalized spacial score (nSPS) is 14.8. The molecule has 2 heterocycles. The van der Waals surface area contributed by atoms with Crippen LogP contribution in [-0.2, 0) is 13.1 Å². The van der Waals surface area contributed by atoms with Crippen molar-refractivity contribution in [3.63, 3.8) is 0 Å². The predicted molar refractivity (Wildman–Crippen MR) is 104 cm³/mol. The van der Waals surface area contributed by atoms with E-state index in [0.717, 1.165) is 11.1 Å². The molecule has 12 nitrogen and oxygen atoms in total. The molecule has 1 aromatic carbocycles. The number of aryl methyl sites for hydroxylation is 2. The Bertz CT molecular complexity index is 1100. The van der Waals surface area contributed by atoms with E-state index in [0.29, 0.717) is 11.0 Å². The molecule has 0 unspecified atom stereocenters. The molecule has 12 heteroatoms. The number of nitrogens with zero attached hydrogens (tertiary/aromatic N) is 6. The van der Waals surface area contributed by atoms with Gasteiger partial charge >= 0.3 is 0 Å². The molecule has 0 aliphatic heterocycles. The third kappa shape index (κ3) is 4.08. The lowest BCUT2D eigenvalue weighted by Crippen LogP contribution is -2.43. The van der Waals surface area contributed by atoms with Crippen molar-refractivity contribution >= 4 is 11.0 Å². The number of rotatable bonds is 8. The topological polar surface area (TPSA) is 180 Å². The third-order valence-electron chi connectivity index (χ3n) is 4.96. The van der Waals surface area contributed by atoms with Crippen LogP contribution in [0.3, 0.4) is 0 Å². The Morgan fingerprint density at radius 1 is 1.07 bits per heavy atom. The van der Waals surface area contributed by atoms with Crippen molar-refractivity contribution in [2.24, 2.45) is 0 Å². The van der Waals surface area contributed by atoms with Crippen LogP contribution >= 0.6 is 0 Å². The van der Waals surface area contributed by atoms with E-state index in [4.69, 9.17) is 5.11 Å². The Morgan fingerprint density at radius 2 is 1.77 bits per heavy atom. The van der Waals surface area contributed by atoms with Crippen molar-refractivity contribution in [3.05, 3.63) is 33.6 Å². The Morgan fingerprint density at radius 3 is 2.43 bits per heavy atom. The van der Waals surface area contributed by atoms with E-state index in [-0.39, 0.29) is 31.2 Å². The number of aromatic nitrogens is 6. The number of benzene rings is 1. The SMILES string of the molecule is Cc1cc2nc(-c3nnnn3CCO)c(=O)n(C[C@H](O)[C@H](O)[C@H](O)CO)c2cc1C. The van der Waals surface area contributed by atoms with Gasteiger partial charge in [0, 0.05) is 0 Å². The molecule has 0 fully saturated rings. The summed E-state index contributed by atoms with van der Waals surface area (Å²) in [5, 5.41) is 59.3. The van der Waals surface area contributed by atoms with Gasteiger partial charge in [0.1, 0.15) is 18.3 Å². The van der Waals surface area contributed by atoms with Crippen molar-refractivity contribution in [1.29, 1.82) is 0 Å². The van der Waals surface area contributed by atoms with Crippen LogP contribution in [0.5, 0.6) is 0 Å². The van der Waals surface area contributed by atoms with Gasteiger partial charge < -0.3 is 30.1 Å². The van der Waals surface area contributed by atoms with Gasteiger partial charge in [-0.15, -0.1) is 5.10 Å². The molecule has 0 aliphatic carbocycles. The first kappa shape index (κ1) is 21.9. The second-order valence-electron chi connectivity index (χ2n) is 7.06. The molecule has 0 spiro atoms. The largest absolute Gasteiger partial charge is 0.394 e. The highest BCUT2D eigenvalue weighted by molar-refractivity contribution is 5.79. The Kier molecular flexibility index (Phi) is 6.53. The standard InChI is InChI=1S/C18H24N6O6/c1-9-5-11-12(6-10(9)2)23(7-13(27)16(29)14(28)8-26)18(30)15(19-11)17-20-21-22-24(17)3-4-25/h5-6,13-14,16,25-29H,3-4,7-8H2,1-2H3/t13-,14+,16-/m0/s1. The predicted octanol–water partition coefficient (Wildman–Crippen LogP) is -2.27. The number of hydrogen-bond acceptors (Lipinski definition) is 10. The molecule has 3 aromatic rings. The van der Waals surface area contributed by atoms with Gasteiger partial charge in [0.2, 0.25) is 5.82 Å². The van der Waals surface area contributed by atoms with Crippen LogP contribution in [-0.4, -0.2) is 86.8 Å². The molecule has 0 radical (unpaired) electrons. The maximum atomic E-state index is 13.3. The lowest BCUT2D eigenvalue weighted by molar-refractivity contribution is -0.0805. The summed E-state index contributed by atoms with van der Waals surface area (Å²) < 4.78 is 2.46. The number of aliphatic hydroxyl groups is 5. The molecule has 3 rings (SSSR count). The van der Waals surface area contributed by atoms with E-state index < -0.39 is 30.5 Å². The molecule has 0 amide bonds. The molecule has 30 heavy (non-hydrogen) atoms. The fraction of sp³-hybridized carbons (Fsp3) is 0.500. The summed E-state index contributed by atoms with van der Waals surface area (Å²) in [6, 6.07) is 3.51.